The van der Waals surface area contributed by atoms with E-state index in [1.54, 1.807) is 12.1 Å². The minimum Gasteiger partial charge on any atom is -0.493 e. The van der Waals surface area contributed by atoms with E-state index in [-0.39, 0.29) is 4.99 Å². The number of benzene rings is 1. The number of rotatable bonds is 3. The summed E-state index contributed by atoms with van der Waals surface area (Å²) < 4.78 is 10.1. The summed E-state index contributed by atoms with van der Waals surface area (Å²) in [6, 6.07) is 3.33. The van der Waals surface area contributed by atoms with Gasteiger partial charge in [0.2, 0.25) is 0 Å². The predicted octanol–water partition coefficient (Wildman–Crippen LogP) is 1.99. The molecule has 1 aromatic rings. The van der Waals surface area contributed by atoms with Gasteiger partial charge in [0.1, 0.15) is 4.99 Å². The van der Waals surface area contributed by atoms with Crippen molar-refractivity contribution in [2.45, 2.75) is 0 Å². The molecule has 0 radical (unpaired) electrons. The summed E-state index contributed by atoms with van der Waals surface area (Å²) in [5, 5.41) is 0.426. The third-order valence-electron chi connectivity index (χ3n) is 1.72. The molecule has 0 aliphatic heterocycles. The molecule has 0 aliphatic rings. The van der Waals surface area contributed by atoms with Crippen LogP contribution in [-0.4, -0.2) is 19.2 Å². The van der Waals surface area contributed by atoms with Gasteiger partial charge in [-0.15, -0.1) is 0 Å². The lowest BCUT2D eigenvalue weighted by Gasteiger charge is -2.10. The highest BCUT2D eigenvalue weighted by molar-refractivity contribution is 7.80. The number of methoxy groups -OCH3 is 2. The Morgan fingerprint density at radius 3 is 2.43 bits per heavy atom. The van der Waals surface area contributed by atoms with Gasteiger partial charge in [0.25, 0.3) is 0 Å². The van der Waals surface area contributed by atoms with E-state index in [1.807, 2.05) is 0 Å². The number of hydrogen-bond donors (Lipinski definition) is 1. The van der Waals surface area contributed by atoms with Gasteiger partial charge in [0.05, 0.1) is 19.2 Å². The molecule has 0 saturated heterocycles. The normalized spacial score (nSPS) is 9.64. The summed E-state index contributed by atoms with van der Waals surface area (Å²) in [6.07, 6.45) is 0. The van der Waals surface area contributed by atoms with Crippen molar-refractivity contribution in [3.05, 3.63) is 22.7 Å². The molecule has 0 amide bonds. The Labute approximate surface area is 92.8 Å². The van der Waals surface area contributed by atoms with Crippen LogP contribution in [0.3, 0.4) is 0 Å². The second-order valence-electron chi connectivity index (χ2n) is 2.56. The van der Waals surface area contributed by atoms with Crippen molar-refractivity contribution >= 4 is 28.8 Å². The van der Waals surface area contributed by atoms with Crippen molar-refractivity contribution in [2.24, 2.45) is 5.73 Å². The van der Waals surface area contributed by atoms with Gasteiger partial charge in [0.15, 0.2) is 11.5 Å². The summed E-state index contributed by atoms with van der Waals surface area (Å²) in [4.78, 5) is 0.271. The molecular weight excluding hydrogens is 222 g/mol. The van der Waals surface area contributed by atoms with E-state index < -0.39 is 0 Å². The molecule has 0 atom stereocenters. The molecule has 14 heavy (non-hydrogen) atoms. The quantitative estimate of drug-likeness (QED) is 0.809. The maximum Gasteiger partial charge on any atom is 0.179 e. The summed E-state index contributed by atoms with van der Waals surface area (Å²) in [7, 11) is 3.04. The van der Waals surface area contributed by atoms with Crippen molar-refractivity contribution in [1.29, 1.82) is 0 Å². The lowest BCUT2D eigenvalue weighted by atomic mass is 10.2. The summed E-state index contributed by atoms with van der Waals surface area (Å²) >= 11 is 10.8. The van der Waals surface area contributed by atoms with Crippen LogP contribution in [0.5, 0.6) is 11.5 Å². The molecule has 0 unspecified atom stereocenters. The van der Waals surface area contributed by atoms with Crippen LogP contribution in [0.2, 0.25) is 5.02 Å². The Morgan fingerprint density at radius 2 is 2.00 bits per heavy atom. The van der Waals surface area contributed by atoms with Crippen molar-refractivity contribution in [2.75, 3.05) is 14.2 Å². The van der Waals surface area contributed by atoms with E-state index in [9.17, 15) is 0 Å². The molecule has 1 rings (SSSR count). The van der Waals surface area contributed by atoms with E-state index in [4.69, 9.17) is 39.0 Å². The number of hydrogen-bond acceptors (Lipinski definition) is 3. The van der Waals surface area contributed by atoms with Crippen LogP contribution in [-0.2, 0) is 0 Å². The molecular formula is C9H10ClNO2S. The average Bonchev–Trinajstić information content (AvgIpc) is 2.16. The summed E-state index contributed by atoms with van der Waals surface area (Å²) in [6.45, 7) is 0. The van der Waals surface area contributed by atoms with Gasteiger partial charge in [-0.1, -0.05) is 23.8 Å². The molecule has 5 heteroatoms. The molecule has 0 spiro atoms. The highest BCUT2D eigenvalue weighted by Crippen LogP contribution is 2.35. The fraction of sp³-hybridized carbons (Fsp3) is 0.222. The Bertz CT molecular complexity index is 368. The molecule has 0 bridgehead atoms. The SMILES string of the molecule is COc1cc(C(N)=S)cc(Cl)c1OC. The van der Waals surface area contributed by atoms with Gasteiger partial charge in [-0.3, -0.25) is 0 Å². The second kappa shape index (κ2) is 4.48. The first-order chi connectivity index (χ1) is 6.60. The Morgan fingerprint density at radius 1 is 1.36 bits per heavy atom. The van der Waals surface area contributed by atoms with Crippen molar-refractivity contribution < 1.29 is 9.47 Å². The Hall–Kier alpha value is -1.00. The molecule has 0 fully saturated rings. The highest BCUT2D eigenvalue weighted by Gasteiger charge is 2.11. The number of thiocarbonyl (C=S) groups is 1. The fourth-order valence-electron chi connectivity index (χ4n) is 1.06. The van der Waals surface area contributed by atoms with E-state index in [0.29, 0.717) is 22.1 Å². The standard InChI is InChI=1S/C9H10ClNO2S/c1-12-7-4-5(9(11)14)3-6(10)8(7)13-2/h3-4H,1-2H3,(H2,11,14). The van der Waals surface area contributed by atoms with Gasteiger partial charge < -0.3 is 15.2 Å². The van der Waals surface area contributed by atoms with Crippen molar-refractivity contribution in [3.8, 4) is 11.5 Å². The highest BCUT2D eigenvalue weighted by atomic mass is 35.5. The smallest absolute Gasteiger partial charge is 0.179 e. The van der Waals surface area contributed by atoms with E-state index in [0.717, 1.165) is 0 Å². The lowest BCUT2D eigenvalue weighted by Crippen LogP contribution is -2.09. The Balaban J connectivity index is 3.31. The monoisotopic (exact) mass is 231 g/mol. The first-order valence-electron chi connectivity index (χ1n) is 3.81. The fourth-order valence-corrected chi connectivity index (χ4v) is 1.47. The second-order valence-corrected chi connectivity index (χ2v) is 3.40. The zero-order valence-corrected chi connectivity index (χ0v) is 9.41. The zero-order valence-electron chi connectivity index (χ0n) is 7.83. The third-order valence-corrected chi connectivity index (χ3v) is 2.23. The lowest BCUT2D eigenvalue weighted by molar-refractivity contribution is 0.355. The maximum atomic E-state index is 5.94. The zero-order chi connectivity index (χ0) is 10.7. The van der Waals surface area contributed by atoms with Gasteiger partial charge in [-0.2, -0.15) is 0 Å². The number of halogens is 1. The summed E-state index contributed by atoms with van der Waals surface area (Å²) in [5.41, 5.74) is 6.13. The largest absolute Gasteiger partial charge is 0.493 e. The molecule has 0 saturated carbocycles. The minimum absolute atomic E-state index is 0.271. The molecule has 0 heterocycles. The predicted molar refractivity (Wildman–Crippen MR) is 60.4 cm³/mol. The van der Waals surface area contributed by atoms with Crippen LogP contribution in [0, 0.1) is 0 Å². The van der Waals surface area contributed by atoms with Crippen LogP contribution < -0.4 is 15.2 Å². The van der Waals surface area contributed by atoms with E-state index in [1.165, 1.54) is 14.2 Å². The van der Waals surface area contributed by atoms with Crippen LogP contribution in [0.1, 0.15) is 5.56 Å². The number of ether oxygens (including phenoxy) is 2. The first kappa shape index (κ1) is 11.1. The van der Waals surface area contributed by atoms with Crippen molar-refractivity contribution in [1.82, 2.24) is 0 Å². The van der Waals surface area contributed by atoms with Crippen molar-refractivity contribution in [3.63, 3.8) is 0 Å². The molecule has 2 N–H and O–H groups in total. The van der Waals surface area contributed by atoms with Gasteiger partial charge in [0, 0.05) is 5.56 Å². The van der Waals surface area contributed by atoms with Crippen LogP contribution in [0.25, 0.3) is 0 Å². The van der Waals surface area contributed by atoms with E-state index >= 15 is 0 Å². The molecule has 0 aliphatic carbocycles. The van der Waals surface area contributed by atoms with Gasteiger partial charge >= 0.3 is 0 Å². The first-order valence-corrected chi connectivity index (χ1v) is 4.60. The van der Waals surface area contributed by atoms with E-state index in [2.05, 4.69) is 0 Å². The van der Waals surface area contributed by atoms with Gasteiger partial charge in [-0.25, -0.2) is 0 Å². The van der Waals surface area contributed by atoms with Crippen LogP contribution in [0.4, 0.5) is 0 Å². The summed E-state index contributed by atoms with van der Waals surface area (Å²) in [5.74, 6) is 0.997. The molecule has 3 nitrogen and oxygen atoms in total. The number of nitrogens with two attached hydrogens (primary N) is 1. The average molecular weight is 232 g/mol. The third kappa shape index (κ3) is 2.08. The molecule has 1 aromatic carbocycles. The van der Waals surface area contributed by atoms with Crippen LogP contribution >= 0.6 is 23.8 Å². The minimum atomic E-state index is 0.271. The van der Waals surface area contributed by atoms with Crippen LogP contribution in [0.15, 0.2) is 12.1 Å². The molecule has 0 aromatic heterocycles. The Kier molecular flexibility index (Phi) is 3.55. The molecule has 76 valence electrons. The maximum absolute atomic E-state index is 5.94. The van der Waals surface area contributed by atoms with Gasteiger partial charge in [-0.05, 0) is 12.1 Å². The topological polar surface area (TPSA) is 44.5 Å².